The molecule has 1 aliphatic rings. The molecule has 0 aliphatic carbocycles. The quantitative estimate of drug-likeness (QED) is 0.671. The highest BCUT2D eigenvalue weighted by molar-refractivity contribution is 5.76. The van der Waals surface area contributed by atoms with E-state index in [9.17, 15) is 24.8 Å². The van der Waals surface area contributed by atoms with Gasteiger partial charge in [-0.3, -0.25) is 14.9 Å². The fraction of sp³-hybridized carbons (Fsp3) is 0.500. The summed E-state index contributed by atoms with van der Waals surface area (Å²) < 4.78 is 5.27. The maximum atomic E-state index is 12.2. The van der Waals surface area contributed by atoms with E-state index in [1.165, 1.54) is 23.1 Å². The standard InChI is InChI=1S/C16H20N2O6/c1-16(2,3)24-15(21)17-8-11(12(9-17)14(19)20)10-6-4-5-7-13(10)18(22)23/h4-7,11-12H,8-9H2,1-3H3,(H,19,20). The van der Waals surface area contributed by atoms with E-state index in [1.54, 1.807) is 26.8 Å². The number of carboxylic acids is 1. The summed E-state index contributed by atoms with van der Waals surface area (Å²) in [6.45, 7) is 5.18. The summed E-state index contributed by atoms with van der Waals surface area (Å²) in [6.07, 6.45) is -0.616. The molecule has 0 aromatic heterocycles. The average Bonchev–Trinajstić information content (AvgIpc) is 2.90. The van der Waals surface area contributed by atoms with Crippen molar-refractivity contribution >= 4 is 17.7 Å². The molecule has 0 saturated carbocycles. The number of para-hydroxylation sites is 1. The fourth-order valence-electron chi connectivity index (χ4n) is 2.81. The second-order valence-corrected chi connectivity index (χ2v) is 6.75. The van der Waals surface area contributed by atoms with Gasteiger partial charge in [-0.1, -0.05) is 18.2 Å². The number of likely N-dealkylation sites (tertiary alicyclic amines) is 1. The summed E-state index contributed by atoms with van der Waals surface area (Å²) in [4.78, 5) is 35.7. The smallest absolute Gasteiger partial charge is 0.410 e. The van der Waals surface area contributed by atoms with Gasteiger partial charge in [0.2, 0.25) is 0 Å². The minimum atomic E-state index is -1.09. The molecule has 24 heavy (non-hydrogen) atoms. The number of nitro groups is 1. The third kappa shape index (κ3) is 3.81. The van der Waals surface area contributed by atoms with Crippen molar-refractivity contribution in [2.24, 2.45) is 5.92 Å². The van der Waals surface area contributed by atoms with Gasteiger partial charge in [-0.2, -0.15) is 0 Å². The van der Waals surface area contributed by atoms with E-state index in [0.29, 0.717) is 5.56 Å². The molecule has 130 valence electrons. The van der Waals surface area contributed by atoms with Gasteiger partial charge < -0.3 is 14.7 Å². The molecule has 1 aliphatic heterocycles. The molecular formula is C16H20N2O6. The second kappa shape index (κ2) is 6.46. The number of hydrogen-bond donors (Lipinski definition) is 1. The molecule has 0 spiro atoms. The molecule has 2 atom stereocenters. The van der Waals surface area contributed by atoms with Crippen LogP contribution < -0.4 is 0 Å². The molecule has 1 N–H and O–H groups in total. The lowest BCUT2D eigenvalue weighted by Crippen LogP contribution is -2.35. The van der Waals surface area contributed by atoms with Crippen molar-refractivity contribution in [2.75, 3.05) is 13.1 Å². The molecule has 8 heteroatoms. The molecule has 2 rings (SSSR count). The molecular weight excluding hydrogens is 316 g/mol. The van der Waals surface area contributed by atoms with Crippen LogP contribution in [0.3, 0.4) is 0 Å². The van der Waals surface area contributed by atoms with Crippen molar-refractivity contribution < 1.29 is 24.4 Å². The van der Waals surface area contributed by atoms with Gasteiger partial charge in [0.15, 0.2) is 0 Å². The van der Waals surface area contributed by atoms with Crippen molar-refractivity contribution in [3.63, 3.8) is 0 Å². The molecule has 8 nitrogen and oxygen atoms in total. The van der Waals surface area contributed by atoms with Crippen LogP contribution in [0.25, 0.3) is 0 Å². The van der Waals surface area contributed by atoms with E-state index in [-0.39, 0.29) is 18.8 Å². The number of nitro benzene ring substituents is 1. The zero-order valence-electron chi connectivity index (χ0n) is 13.8. The van der Waals surface area contributed by atoms with Gasteiger partial charge >= 0.3 is 12.1 Å². The molecule has 0 bridgehead atoms. The Hall–Kier alpha value is -2.64. The Balaban J connectivity index is 2.31. The zero-order valence-corrected chi connectivity index (χ0v) is 13.8. The van der Waals surface area contributed by atoms with Crippen molar-refractivity contribution in [3.05, 3.63) is 39.9 Å². The molecule has 1 fully saturated rings. The molecule has 1 aromatic carbocycles. The van der Waals surface area contributed by atoms with Crippen LogP contribution in [0.2, 0.25) is 0 Å². The minimum absolute atomic E-state index is 0.0407. The van der Waals surface area contributed by atoms with Crippen LogP contribution >= 0.6 is 0 Å². The third-order valence-corrected chi connectivity index (χ3v) is 3.82. The Labute approximate surface area is 139 Å². The number of hydrogen-bond acceptors (Lipinski definition) is 5. The molecule has 1 saturated heterocycles. The SMILES string of the molecule is CC(C)(C)OC(=O)N1CC(C(=O)O)C(c2ccccc2[N+](=O)[O-])C1. The summed E-state index contributed by atoms with van der Waals surface area (Å²) in [7, 11) is 0. The van der Waals surface area contributed by atoms with Crippen LogP contribution in [0, 0.1) is 16.0 Å². The van der Waals surface area contributed by atoms with Crippen LogP contribution in [-0.4, -0.2) is 45.7 Å². The van der Waals surface area contributed by atoms with Crippen LogP contribution in [0.4, 0.5) is 10.5 Å². The molecule has 1 amide bonds. The highest BCUT2D eigenvalue weighted by Crippen LogP contribution is 2.37. The van der Waals surface area contributed by atoms with E-state index in [4.69, 9.17) is 4.74 Å². The number of carbonyl (C=O) groups excluding carboxylic acids is 1. The largest absolute Gasteiger partial charge is 0.481 e. The first kappa shape index (κ1) is 17.7. The van der Waals surface area contributed by atoms with Crippen LogP contribution in [0.5, 0.6) is 0 Å². The monoisotopic (exact) mass is 336 g/mol. The average molecular weight is 336 g/mol. The first-order chi connectivity index (χ1) is 11.1. The third-order valence-electron chi connectivity index (χ3n) is 3.82. The number of carboxylic acid groups (broad SMARTS) is 1. The number of rotatable bonds is 3. The number of nitrogens with zero attached hydrogens (tertiary/aromatic N) is 2. The first-order valence-corrected chi connectivity index (χ1v) is 7.54. The molecule has 1 aromatic rings. The lowest BCUT2D eigenvalue weighted by atomic mass is 9.88. The van der Waals surface area contributed by atoms with Crippen molar-refractivity contribution in [1.29, 1.82) is 0 Å². The lowest BCUT2D eigenvalue weighted by Gasteiger charge is -2.24. The van der Waals surface area contributed by atoms with Gasteiger partial charge in [0.25, 0.3) is 5.69 Å². The Morgan fingerprint density at radius 2 is 1.92 bits per heavy atom. The van der Waals surface area contributed by atoms with E-state index >= 15 is 0 Å². The topological polar surface area (TPSA) is 110 Å². The normalized spacial score (nSPS) is 20.7. The summed E-state index contributed by atoms with van der Waals surface area (Å²) in [5, 5.41) is 20.7. The van der Waals surface area contributed by atoms with Crippen molar-refractivity contribution in [1.82, 2.24) is 4.90 Å². The van der Waals surface area contributed by atoms with Crippen LogP contribution in [0.1, 0.15) is 32.3 Å². The van der Waals surface area contributed by atoms with Gasteiger partial charge in [-0.05, 0) is 20.8 Å². The molecule has 0 radical (unpaired) electrons. The van der Waals surface area contributed by atoms with E-state index in [2.05, 4.69) is 0 Å². The second-order valence-electron chi connectivity index (χ2n) is 6.75. The maximum absolute atomic E-state index is 12.2. The zero-order chi connectivity index (χ0) is 18.1. The van der Waals surface area contributed by atoms with Crippen LogP contribution in [-0.2, 0) is 9.53 Å². The summed E-state index contributed by atoms with van der Waals surface area (Å²) in [6, 6.07) is 6.02. The highest BCUT2D eigenvalue weighted by Gasteiger charge is 2.43. The number of ether oxygens (including phenoxy) is 1. The van der Waals surface area contributed by atoms with Crippen LogP contribution in [0.15, 0.2) is 24.3 Å². The Morgan fingerprint density at radius 3 is 2.46 bits per heavy atom. The first-order valence-electron chi connectivity index (χ1n) is 7.54. The highest BCUT2D eigenvalue weighted by atomic mass is 16.6. The maximum Gasteiger partial charge on any atom is 0.410 e. The van der Waals surface area contributed by atoms with Crippen molar-refractivity contribution in [3.8, 4) is 0 Å². The summed E-state index contributed by atoms with van der Waals surface area (Å²) in [5.41, 5.74) is -0.521. The van der Waals surface area contributed by atoms with Gasteiger partial charge in [0.05, 0.1) is 10.8 Å². The molecule has 1 heterocycles. The number of benzene rings is 1. The molecule has 2 unspecified atom stereocenters. The predicted octanol–water partition coefficient (Wildman–Crippen LogP) is 2.63. The Kier molecular flexibility index (Phi) is 4.77. The number of amides is 1. The minimum Gasteiger partial charge on any atom is -0.481 e. The number of aliphatic carboxylic acids is 1. The fourth-order valence-corrected chi connectivity index (χ4v) is 2.81. The van der Waals surface area contributed by atoms with Gasteiger partial charge in [-0.15, -0.1) is 0 Å². The lowest BCUT2D eigenvalue weighted by molar-refractivity contribution is -0.385. The Bertz CT molecular complexity index is 667. The number of carbonyl (C=O) groups is 2. The Morgan fingerprint density at radius 1 is 1.29 bits per heavy atom. The van der Waals surface area contributed by atoms with Gasteiger partial charge in [0, 0.05) is 30.6 Å². The van der Waals surface area contributed by atoms with E-state index in [1.807, 2.05) is 0 Å². The summed E-state index contributed by atoms with van der Waals surface area (Å²) >= 11 is 0. The summed E-state index contributed by atoms with van der Waals surface area (Å²) in [5.74, 6) is -2.67. The van der Waals surface area contributed by atoms with E-state index < -0.39 is 34.4 Å². The predicted molar refractivity (Wildman–Crippen MR) is 84.8 cm³/mol. The van der Waals surface area contributed by atoms with Crippen molar-refractivity contribution in [2.45, 2.75) is 32.3 Å². The van der Waals surface area contributed by atoms with Gasteiger partial charge in [-0.25, -0.2) is 4.79 Å². The van der Waals surface area contributed by atoms with Gasteiger partial charge in [0.1, 0.15) is 5.60 Å². The van der Waals surface area contributed by atoms with E-state index in [0.717, 1.165) is 0 Å².